The SMILES string of the molecule is CC(=O)COCC(=O)OC[C@H]1O[C@@H](n2ccc(N)nc2=O)C(F)[C@@H](F)C1O. The van der Waals surface area contributed by atoms with Gasteiger partial charge in [-0.2, -0.15) is 4.98 Å². The molecule has 1 aliphatic heterocycles. The molecule has 0 radical (unpaired) electrons. The number of ether oxygens (including phenoxy) is 3. The van der Waals surface area contributed by atoms with E-state index in [-0.39, 0.29) is 18.2 Å². The molecule has 1 aliphatic rings. The third-order valence-corrected chi connectivity index (χ3v) is 3.66. The Morgan fingerprint density at radius 2 is 2.07 bits per heavy atom. The number of aliphatic hydroxyl groups is 1. The number of ketones is 1. The molecule has 0 aromatic carbocycles. The molecule has 0 bridgehead atoms. The van der Waals surface area contributed by atoms with Gasteiger partial charge in [0.25, 0.3) is 0 Å². The highest BCUT2D eigenvalue weighted by atomic mass is 19.2. The number of Topliss-reactive ketones (excluding diaryl/α,β-unsaturated/α-hetero) is 1. The smallest absolute Gasteiger partial charge is 0.351 e. The van der Waals surface area contributed by atoms with Gasteiger partial charge in [-0.05, 0) is 13.0 Å². The number of carbonyl (C=O) groups excluding carboxylic acids is 2. The van der Waals surface area contributed by atoms with Gasteiger partial charge in [0.2, 0.25) is 0 Å². The fourth-order valence-electron chi connectivity index (χ4n) is 2.36. The lowest BCUT2D eigenvalue weighted by Crippen LogP contribution is -2.55. The van der Waals surface area contributed by atoms with E-state index >= 15 is 0 Å². The lowest BCUT2D eigenvalue weighted by atomic mass is 10.0. The molecule has 2 heterocycles. The van der Waals surface area contributed by atoms with Crippen molar-refractivity contribution in [3.8, 4) is 0 Å². The number of hydrogen-bond donors (Lipinski definition) is 2. The predicted molar refractivity (Wildman–Crippen MR) is 85.1 cm³/mol. The van der Waals surface area contributed by atoms with Gasteiger partial charge in [0, 0.05) is 6.20 Å². The van der Waals surface area contributed by atoms with Crippen LogP contribution >= 0.6 is 0 Å². The molecule has 1 aromatic heterocycles. The third-order valence-electron chi connectivity index (χ3n) is 3.66. The number of anilines is 1. The lowest BCUT2D eigenvalue weighted by molar-refractivity contribution is -0.224. The van der Waals surface area contributed by atoms with Crippen molar-refractivity contribution in [2.45, 2.75) is 37.7 Å². The summed E-state index contributed by atoms with van der Waals surface area (Å²) in [7, 11) is 0. The van der Waals surface area contributed by atoms with E-state index in [2.05, 4.69) is 4.98 Å². The van der Waals surface area contributed by atoms with Gasteiger partial charge in [-0.1, -0.05) is 0 Å². The zero-order chi connectivity index (χ0) is 20.1. The molecule has 1 saturated heterocycles. The minimum atomic E-state index is -2.40. The topological polar surface area (TPSA) is 143 Å². The van der Waals surface area contributed by atoms with Crippen LogP contribution in [0, 0.1) is 0 Å². The van der Waals surface area contributed by atoms with Crippen LogP contribution in [-0.2, 0) is 23.8 Å². The fourth-order valence-corrected chi connectivity index (χ4v) is 2.36. The molecule has 2 unspecified atom stereocenters. The molecule has 0 spiro atoms. The standard InChI is InChI=1S/C15H19F2N3O7/c1-7(21)4-25-6-10(22)26-5-8-13(23)11(16)12(17)14(27-8)20-3-2-9(18)19-15(20)24/h2-3,8,11-14,23H,4-6H2,1H3,(H2,18,19,24)/t8-,11-,12?,13?,14-/m1/s1. The normalized spacial score (nSPS) is 27.9. The third kappa shape index (κ3) is 5.28. The molecule has 0 amide bonds. The number of esters is 1. The van der Waals surface area contributed by atoms with Gasteiger partial charge in [-0.3, -0.25) is 9.36 Å². The maximum atomic E-state index is 14.2. The van der Waals surface area contributed by atoms with Gasteiger partial charge in [0.05, 0.1) is 0 Å². The van der Waals surface area contributed by atoms with E-state index in [1.165, 1.54) is 13.0 Å². The molecule has 5 atom stereocenters. The molecular formula is C15H19F2N3O7. The summed E-state index contributed by atoms with van der Waals surface area (Å²) in [5.41, 5.74) is 4.37. The van der Waals surface area contributed by atoms with E-state index < -0.39 is 55.7 Å². The number of aliphatic hydroxyl groups excluding tert-OH is 1. The summed E-state index contributed by atoms with van der Waals surface area (Å²) >= 11 is 0. The fraction of sp³-hybridized carbons (Fsp3) is 0.600. The van der Waals surface area contributed by atoms with Crippen molar-refractivity contribution in [2.24, 2.45) is 0 Å². The highest BCUT2D eigenvalue weighted by molar-refractivity contribution is 5.77. The molecule has 12 heteroatoms. The molecule has 0 aliphatic carbocycles. The van der Waals surface area contributed by atoms with Crippen LogP contribution in [0.5, 0.6) is 0 Å². The molecule has 10 nitrogen and oxygen atoms in total. The summed E-state index contributed by atoms with van der Waals surface area (Å²) in [5.74, 6) is -1.31. The number of nitrogens with zero attached hydrogens (tertiary/aromatic N) is 2. The van der Waals surface area contributed by atoms with Crippen LogP contribution in [0.3, 0.4) is 0 Å². The Bertz CT molecular complexity index is 744. The van der Waals surface area contributed by atoms with Crippen molar-refractivity contribution >= 4 is 17.6 Å². The highest BCUT2D eigenvalue weighted by Gasteiger charge is 2.47. The Balaban J connectivity index is 2.03. The molecular weight excluding hydrogens is 372 g/mol. The van der Waals surface area contributed by atoms with Crippen LogP contribution in [0.2, 0.25) is 0 Å². The molecule has 2 rings (SSSR count). The van der Waals surface area contributed by atoms with Gasteiger partial charge in [-0.25, -0.2) is 18.4 Å². The van der Waals surface area contributed by atoms with Gasteiger partial charge in [0.1, 0.15) is 37.8 Å². The van der Waals surface area contributed by atoms with E-state index in [9.17, 15) is 28.3 Å². The number of halogens is 2. The zero-order valence-electron chi connectivity index (χ0n) is 14.3. The van der Waals surface area contributed by atoms with Gasteiger partial charge in [-0.15, -0.1) is 0 Å². The second kappa shape index (κ2) is 8.97. The monoisotopic (exact) mass is 391 g/mol. The predicted octanol–water partition coefficient (Wildman–Crippen LogP) is -1.09. The molecule has 150 valence electrons. The van der Waals surface area contributed by atoms with E-state index in [4.69, 9.17) is 19.9 Å². The van der Waals surface area contributed by atoms with Crippen molar-refractivity contribution in [1.29, 1.82) is 0 Å². The minimum Gasteiger partial charge on any atom is -0.461 e. The van der Waals surface area contributed by atoms with E-state index in [0.717, 1.165) is 6.20 Å². The summed E-state index contributed by atoms with van der Waals surface area (Å²) in [6.45, 7) is -0.189. The molecule has 1 fully saturated rings. The summed E-state index contributed by atoms with van der Waals surface area (Å²) in [6, 6.07) is 1.19. The van der Waals surface area contributed by atoms with Crippen molar-refractivity contribution in [3.05, 3.63) is 22.7 Å². The van der Waals surface area contributed by atoms with Gasteiger partial charge in [0.15, 0.2) is 24.4 Å². The first-order valence-corrected chi connectivity index (χ1v) is 7.90. The Labute approximate surface area is 151 Å². The van der Waals surface area contributed by atoms with Crippen LogP contribution in [0.1, 0.15) is 13.2 Å². The zero-order valence-corrected chi connectivity index (χ0v) is 14.3. The summed E-state index contributed by atoms with van der Waals surface area (Å²) in [6.07, 6.45) is -8.80. The Kier molecular flexibility index (Phi) is 6.93. The molecule has 3 N–H and O–H groups in total. The largest absolute Gasteiger partial charge is 0.461 e. The minimum absolute atomic E-state index is 0.115. The van der Waals surface area contributed by atoms with E-state index in [1.807, 2.05) is 0 Å². The van der Waals surface area contributed by atoms with Crippen molar-refractivity contribution in [1.82, 2.24) is 9.55 Å². The highest BCUT2D eigenvalue weighted by Crippen LogP contribution is 2.31. The summed E-state index contributed by atoms with van der Waals surface area (Å²) < 4.78 is 43.8. The maximum absolute atomic E-state index is 14.2. The van der Waals surface area contributed by atoms with Crippen molar-refractivity contribution < 1.29 is 37.7 Å². The average molecular weight is 391 g/mol. The number of nitrogen functional groups attached to an aromatic ring is 1. The average Bonchev–Trinajstić information content (AvgIpc) is 2.59. The molecule has 0 saturated carbocycles. The first-order chi connectivity index (χ1) is 12.7. The Hall–Kier alpha value is -2.44. The lowest BCUT2D eigenvalue weighted by Gasteiger charge is -2.38. The number of nitrogens with two attached hydrogens (primary N) is 1. The number of alkyl halides is 2. The first kappa shape index (κ1) is 20.9. The number of carbonyl (C=O) groups is 2. The van der Waals surface area contributed by atoms with Gasteiger partial charge < -0.3 is 25.1 Å². The summed E-state index contributed by atoms with van der Waals surface area (Å²) in [4.78, 5) is 37.5. The number of aromatic nitrogens is 2. The maximum Gasteiger partial charge on any atom is 0.351 e. The van der Waals surface area contributed by atoms with Gasteiger partial charge >= 0.3 is 11.7 Å². The number of hydrogen-bond acceptors (Lipinski definition) is 9. The van der Waals surface area contributed by atoms with Crippen molar-refractivity contribution in [2.75, 3.05) is 25.6 Å². The van der Waals surface area contributed by atoms with Crippen LogP contribution in [0.15, 0.2) is 17.1 Å². The van der Waals surface area contributed by atoms with E-state index in [0.29, 0.717) is 4.57 Å². The van der Waals surface area contributed by atoms with Crippen LogP contribution in [0.25, 0.3) is 0 Å². The second-order valence-corrected chi connectivity index (χ2v) is 5.86. The van der Waals surface area contributed by atoms with Crippen LogP contribution in [-0.4, -0.2) is 70.8 Å². The Morgan fingerprint density at radius 1 is 1.37 bits per heavy atom. The van der Waals surface area contributed by atoms with Crippen LogP contribution in [0.4, 0.5) is 14.6 Å². The van der Waals surface area contributed by atoms with E-state index in [1.54, 1.807) is 0 Å². The quantitative estimate of drug-likeness (QED) is 0.554. The summed E-state index contributed by atoms with van der Waals surface area (Å²) in [5, 5.41) is 9.82. The van der Waals surface area contributed by atoms with Crippen molar-refractivity contribution in [3.63, 3.8) is 0 Å². The first-order valence-electron chi connectivity index (χ1n) is 7.90. The second-order valence-electron chi connectivity index (χ2n) is 5.86. The number of rotatable bonds is 7. The van der Waals surface area contributed by atoms with Crippen LogP contribution < -0.4 is 11.4 Å². The Morgan fingerprint density at radius 3 is 2.70 bits per heavy atom. The molecule has 1 aromatic rings. The molecule has 27 heavy (non-hydrogen) atoms.